The maximum atomic E-state index is 2.52. The molecule has 0 saturated carbocycles. The molecule has 8 aromatic rings. The highest BCUT2D eigenvalue weighted by atomic mass is 15.0. The number of fused-ring (bicyclic) bond motifs is 7. The van der Waals surface area contributed by atoms with Gasteiger partial charge in [0.05, 0.1) is 11.0 Å². The number of rotatable bonds is 4. The Morgan fingerprint density at radius 1 is 0.447 bits per heavy atom. The number of aromatic nitrogens is 1. The minimum absolute atomic E-state index is 0.113. The van der Waals surface area contributed by atoms with Crippen molar-refractivity contribution >= 4 is 21.8 Å². The van der Waals surface area contributed by atoms with Gasteiger partial charge in [0.15, 0.2) is 0 Å². The minimum Gasteiger partial charge on any atom is -0.309 e. The first-order valence-corrected chi connectivity index (χ1v) is 16.5. The van der Waals surface area contributed by atoms with E-state index in [4.69, 9.17) is 0 Å². The van der Waals surface area contributed by atoms with Crippen LogP contribution < -0.4 is 0 Å². The van der Waals surface area contributed by atoms with Crippen LogP contribution >= 0.6 is 0 Å². The van der Waals surface area contributed by atoms with Gasteiger partial charge in [-0.1, -0.05) is 135 Å². The number of aryl methyl sites for hydroxylation is 1. The van der Waals surface area contributed by atoms with E-state index in [2.05, 4.69) is 183 Å². The summed E-state index contributed by atoms with van der Waals surface area (Å²) in [5, 5.41) is 2.60. The molecule has 1 aromatic heterocycles. The summed E-state index contributed by atoms with van der Waals surface area (Å²) in [5.74, 6) is 0. The maximum absolute atomic E-state index is 2.52. The van der Waals surface area contributed by atoms with Crippen LogP contribution in [-0.4, -0.2) is 4.57 Å². The molecule has 0 saturated heterocycles. The van der Waals surface area contributed by atoms with Gasteiger partial charge in [-0.2, -0.15) is 0 Å². The van der Waals surface area contributed by atoms with Crippen molar-refractivity contribution in [3.8, 4) is 50.2 Å². The maximum Gasteiger partial charge on any atom is 0.0588 e. The van der Waals surface area contributed by atoms with E-state index in [1.54, 1.807) is 0 Å². The Bertz CT molecular complexity index is 2420. The molecule has 1 aliphatic rings. The Balaban J connectivity index is 1.26. The summed E-state index contributed by atoms with van der Waals surface area (Å²) >= 11 is 0. The van der Waals surface area contributed by atoms with Gasteiger partial charge in [-0.3, -0.25) is 0 Å². The summed E-state index contributed by atoms with van der Waals surface area (Å²) in [6.45, 7) is 7.03. The van der Waals surface area contributed by atoms with Crippen LogP contribution in [-0.2, 0) is 5.41 Å². The molecular formula is C46H35N. The van der Waals surface area contributed by atoms with Gasteiger partial charge in [0.25, 0.3) is 0 Å². The van der Waals surface area contributed by atoms with Crippen LogP contribution in [0.25, 0.3) is 72.0 Å². The number of hydrogen-bond acceptors (Lipinski definition) is 0. The molecule has 0 fully saturated rings. The Labute approximate surface area is 276 Å². The summed E-state index contributed by atoms with van der Waals surface area (Å²) < 4.78 is 2.52. The van der Waals surface area contributed by atoms with Crippen molar-refractivity contribution in [1.29, 1.82) is 0 Å². The third-order valence-electron chi connectivity index (χ3n) is 10.3. The molecule has 1 aliphatic carbocycles. The summed E-state index contributed by atoms with van der Waals surface area (Å²) in [5.41, 5.74) is 17.8. The second kappa shape index (κ2) is 10.4. The van der Waals surface area contributed by atoms with E-state index in [0.29, 0.717) is 0 Å². The summed E-state index contributed by atoms with van der Waals surface area (Å²) in [4.78, 5) is 0. The molecule has 0 aliphatic heterocycles. The average molecular weight is 602 g/mol. The number of nitrogens with zero attached hydrogens (tertiary/aromatic N) is 1. The third-order valence-corrected chi connectivity index (χ3v) is 10.3. The number of benzene rings is 7. The molecule has 0 amide bonds. The molecule has 1 heteroatoms. The Hall–Kier alpha value is -5.66. The molecule has 47 heavy (non-hydrogen) atoms. The SMILES string of the molecule is Cc1cc(-n2c3ccccc3c3ccc4c(c32)C(C)(C)c2ccccc2-4)ccc1-c1cc(-c2ccccc2)cc(-c2ccccc2)c1. The van der Waals surface area contributed by atoms with Crippen LogP contribution in [0.15, 0.2) is 158 Å². The van der Waals surface area contributed by atoms with Gasteiger partial charge in [-0.05, 0) is 105 Å². The molecule has 1 heterocycles. The van der Waals surface area contributed by atoms with Gasteiger partial charge in [-0.15, -0.1) is 0 Å². The zero-order valence-corrected chi connectivity index (χ0v) is 27.0. The molecule has 0 bridgehead atoms. The van der Waals surface area contributed by atoms with Crippen molar-refractivity contribution in [2.75, 3.05) is 0 Å². The fraction of sp³-hybridized carbons (Fsp3) is 0.0870. The zero-order chi connectivity index (χ0) is 31.7. The van der Waals surface area contributed by atoms with E-state index in [0.717, 1.165) is 0 Å². The van der Waals surface area contributed by atoms with Crippen LogP contribution in [0.4, 0.5) is 0 Å². The Kier molecular flexibility index (Phi) is 6.14. The predicted molar refractivity (Wildman–Crippen MR) is 199 cm³/mol. The van der Waals surface area contributed by atoms with Crippen LogP contribution in [0, 0.1) is 6.92 Å². The molecule has 0 radical (unpaired) electrons. The summed E-state index contributed by atoms with van der Waals surface area (Å²) in [6, 6.07) is 58.0. The van der Waals surface area contributed by atoms with Crippen LogP contribution in [0.2, 0.25) is 0 Å². The molecule has 0 unspecified atom stereocenters. The highest BCUT2D eigenvalue weighted by molar-refractivity contribution is 6.13. The Morgan fingerprint density at radius 3 is 1.74 bits per heavy atom. The quantitative estimate of drug-likeness (QED) is 0.189. The van der Waals surface area contributed by atoms with Gasteiger partial charge >= 0.3 is 0 Å². The molecular weight excluding hydrogens is 567 g/mol. The lowest BCUT2D eigenvalue weighted by molar-refractivity contribution is 0.664. The van der Waals surface area contributed by atoms with Gasteiger partial charge in [0.1, 0.15) is 0 Å². The first-order valence-electron chi connectivity index (χ1n) is 16.5. The van der Waals surface area contributed by atoms with Crippen molar-refractivity contribution in [3.05, 3.63) is 174 Å². The average Bonchev–Trinajstić information content (AvgIpc) is 3.57. The van der Waals surface area contributed by atoms with E-state index in [-0.39, 0.29) is 5.41 Å². The lowest BCUT2D eigenvalue weighted by Gasteiger charge is -2.24. The van der Waals surface area contributed by atoms with Crippen molar-refractivity contribution in [2.24, 2.45) is 0 Å². The molecule has 9 rings (SSSR count). The topological polar surface area (TPSA) is 4.93 Å². The highest BCUT2D eigenvalue weighted by Crippen LogP contribution is 2.53. The Morgan fingerprint density at radius 2 is 1.04 bits per heavy atom. The van der Waals surface area contributed by atoms with Gasteiger partial charge < -0.3 is 4.57 Å². The van der Waals surface area contributed by atoms with Gasteiger partial charge in [0, 0.05) is 21.9 Å². The molecule has 7 aromatic carbocycles. The van der Waals surface area contributed by atoms with Crippen molar-refractivity contribution in [2.45, 2.75) is 26.2 Å². The summed E-state index contributed by atoms with van der Waals surface area (Å²) in [7, 11) is 0. The van der Waals surface area contributed by atoms with Crippen LogP contribution in [0.3, 0.4) is 0 Å². The summed E-state index contributed by atoms with van der Waals surface area (Å²) in [6.07, 6.45) is 0. The van der Waals surface area contributed by atoms with Crippen LogP contribution in [0.5, 0.6) is 0 Å². The second-order valence-corrected chi connectivity index (χ2v) is 13.4. The highest BCUT2D eigenvalue weighted by Gasteiger charge is 2.38. The number of hydrogen-bond donors (Lipinski definition) is 0. The van der Waals surface area contributed by atoms with E-state index in [1.807, 2.05) is 0 Å². The van der Waals surface area contributed by atoms with Gasteiger partial charge in [-0.25, -0.2) is 0 Å². The lowest BCUT2D eigenvalue weighted by Crippen LogP contribution is -2.16. The van der Waals surface area contributed by atoms with Gasteiger partial charge in [0.2, 0.25) is 0 Å². The fourth-order valence-corrected chi connectivity index (χ4v) is 8.07. The molecule has 0 atom stereocenters. The monoisotopic (exact) mass is 601 g/mol. The van der Waals surface area contributed by atoms with E-state index >= 15 is 0 Å². The molecule has 1 nitrogen and oxygen atoms in total. The standard InChI is InChI=1S/C46H35N/c1-30-26-36(22-23-37(30)35-28-33(31-14-6-4-7-15-31)27-34(29-35)32-16-8-5-9-17-32)47-43-21-13-11-19-39(43)41-25-24-40-38-18-10-12-20-42(38)46(2,3)44(40)45(41)47/h4-29H,1-3H3. The van der Waals surface area contributed by atoms with E-state index in [1.165, 1.54) is 88.7 Å². The van der Waals surface area contributed by atoms with E-state index in [9.17, 15) is 0 Å². The fourth-order valence-electron chi connectivity index (χ4n) is 8.07. The third kappa shape index (κ3) is 4.23. The van der Waals surface area contributed by atoms with E-state index < -0.39 is 0 Å². The smallest absolute Gasteiger partial charge is 0.0588 e. The molecule has 0 N–H and O–H groups in total. The number of para-hydroxylation sites is 1. The molecule has 224 valence electrons. The van der Waals surface area contributed by atoms with Crippen LogP contribution in [0.1, 0.15) is 30.5 Å². The first kappa shape index (κ1) is 27.6. The lowest BCUT2D eigenvalue weighted by atomic mass is 9.81. The normalized spacial score (nSPS) is 13.2. The largest absolute Gasteiger partial charge is 0.309 e. The first-order chi connectivity index (χ1) is 23.0. The molecule has 0 spiro atoms. The van der Waals surface area contributed by atoms with Crippen molar-refractivity contribution < 1.29 is 0 Å². The zero-order valence-electron chi connectivity index (χ0n) is 27.0. The minimum atomic E-state index is -0.113. The second-order valence-electron chi connectivity index (χ2n) is 13.4. The van der Waals surface area contributed by atoms with Crippen molar-refractivity contribution in [3.63, 3.8) is 0 Å². The van der Waals surface area contributed by atoms with Crippen molar-refractivity contribution in [1.82, 2.24) is 4.57 Å². The predicted octanol–water partition coefficient (Wildman–Crippen LogP) is 12.4.